The van der Waals surface area contributed by atoms with Gasteiger partial charge >= 0.3 is 0 Å². The molecule has 0 aliphatic carbocycles. The van der Waals surface area contributed by atoms with Crippen molar-refractivity contribution in [2.24, 2.45) is 0 Å². The number of hydrogen-bond acceptors (Lipinski definition) is 2. The fraction of sp³-hybridized carbons (Fsp3) is 0.100. The Bertz CT molecular complexity index is 448. The monoisotopic (exact) mass is 208 g/mol. The number of aromatic nitrogens is 2. The van der Waals surface area contributed by atoms with E-state index in [4.69, 9.17) is 16.7 Å². The highest BCUT2D eigenvalue weighted by Crippen LogP contribution is 2.18. The summed E-state index contributed by atoms with van der Waals surface area (Å²) in [5.74, 6) is 0.230. The van der Waals surface area contributed by atoms with Crippen molar-refractivity contribution in [3.05, 3.63) is 41.2 Å². The van der Waals surface area contributed by atoms with Crippen LogP contribution in [0.1, 0.15) is 5.69 Å². The SMILES string of the molecule is Cc1cc(Cl)n(-c2ccc(O)cc2)n1. The van der Waals surface area contributed by atoms with Gasteiger partial charge in [-0.2, -0.15) is 5.10 Å². The summed E-state index contributed by atoms with van der Waals surface area (Å²) in [4.78, 5) is 0. The first-order chi connectivity index (χ1) is 6.66. The van der Waals surface area contributed by atoms with Crippen molar-refractivity contribution in [3.8, 4) is 11.4 Å². The number of benzene rings is 1. The van der Waals surface area contributed by atoms with Crippen LogP contribution in [-0.4, -0.2) is 14.9 Å². The summed E-state index contributed by atoms with van der Waals surface area (Å²) in [6.45, 7) is 1.88. The molecule has 2 aromatic rings. The molecule has 1 aromatic heterocycles. The summed E-state index contributed by atoms with van der Waals surface area (Å²) in [5.41, 5.74) is 1.70. The van der Waals surface area contributed by atoms with Crippen molar-refractivity contribution in [1.29, 1.82) is 0 Å². The highest BCUT2D eigenvalue weighted by atomic mass is 35.5. The molecule has 1 heterocycles. The van der Waals surface area contributed by atoms with E-state index in [9.17, 15) is 0 Å². The largest absolute Gasteiger partial charge is 0.508 e. The number of phenols is 1. The molecule has 0 radical (unpaired) electrons. The summed E-state index contributed by atoms with van der Waals surface area (Å²) in [6.07, 6.45) is 0. The average Bonchev–Trinajstić information content (AvgIpc) is 2.47. The Morgan fingerprint density at radius 3 is 2.43 bits per heavy atom. The molecule has 4 heteroatoms. The normalized spacial score (nSPS) is 10.4. The maximum Gasteiger partial charge on any atom is 0.133 e. The Morgan fingerprint density at radius 1 is 1.29 bits per heavy atom. The van der Waals surface area contributed by atoms with Crippen molar-refractivity contribution < 1.29 is 5.11 Å². The van der Waals surface area contributed by atoms with Crippen molar-refractivity contribution in [1.82, 2.24) is 9.78 Å². The summed E-state index contributed by atoms with van der Waals surface area (Å²) in [7, 11) is 0. The van der Waals surface area contributed by atoms with E-state index in [0.29, 0.717) is 5.15 Å². The van der Waals surface area contributed by atoms with E-state index in [2.05, 4.69) is 5.10 Å². The average molecular weight is 209 g/mol. The number of hydrogen-bond donors (Lipinski definition) is 1. The highest BCUT2D eigenvalue weighted by molar-refractivity contribution is 6.29. The lowest BCUT2D eigenvalue weighted by atomic mass is 10.3. The number of phenolic OH excluding ortho intramolecular Hbond substituents is 1. The van der Waals surface area contributed by atoms with Crippen LogP contribution in [0.2, 0.25) is 5.15 Å². The minimum atomic E-state index is 0.230. The zero-order valence-corrected chi connectivity index (χ0v) is 8.36. The lowest BCUT2D eigenvalue weighted by molar-refractivity contribution is 0.475. The first-order valence-corrected chi connectivity index (χ1v) is 4.56. The van der Waals surface area contributed by atoms with Gasteiger partial charge in [0.2, 0.25) is 0 Å². The van der Waals surface area contributed by atoms with E-state index in [0.717, 1.165) is 11.4 Å². The van der Waals surface area contributed by atoms with Crippen LogP contribution in [0, 0.1) is 6.92 Å². The molecular weight excluding hydrogens is 200 g/mol. The van der Waals surface area contributed by atoms with Crippen LogP contribution in [0.3, 0.4) is 0 Å². The highest BCUT2D eigenvalue weighted by Gasteiger charge is 2.04. The fourth-order valence-electron chi connectivity index (χ4n) is 1.24. The Labute approximate surface area is 86.6 Å². The molecule has 0 unspecified atom stereocenters. The first kappa shape index (κ1) is 9.09. The zero-order valence-electron chi connectivity index (χ0n) is 7.61. The van der Waals surface area contributed by atoms with Crippen molar-refractivity contribution in [3.63, 3.8) is 0 Å². The Hall–Kier alpha value is -1.48. The van der Waals surface area contributed by atoms with E-state index in [1.807, 2.05) is 6.92 Å². The number of aryl methyl sites for hydroxylation is 1. The van der Waals surface area contributed by atoms with Gasteiger partial charge < -0.3 is 5.11 Å². The van der Waals surface area contributed by atoms with Crippen LogP contribution in [-0.2, 0) is 0 Å². The molecule has 1 N–H and O–H groups in total. The van der Waals surface area contributed by atoms with Gasteiger partial charge in [-0.15, -0.1) is 0 Å². The molecule has 0 saturated heterocycles. The number of halogens is 1. The van der Waals surface area contributed by atoms with Crippen molar-refractivity contribution >= 4 is 11.6 Å². The second-order valence-electron chi connectivity index (χ2n) is 3.04. The lowest BCUT2D eigenvalue weighted by Crippen LogP contribution is -1.95. The Morgan fingerprint density at radius 2 is 1.93 bits per heavy atom. The molecule has 0 bridgehead atoms. The molecule has 1 aromatic carbocycles. The smallest absolute Gasteiger partial charge is 0.133 e. The molecule has 0 aliphatic heterocycles. The van der Waals surface area contributed by atoms with Gasteiger partial charge in [-0.05, 0) is 37.3 Å². The summed E-state index contributed by atoms with van der Waals surface area (Å²) < 4.78 is 1.62. The topological polar surface area (TPSA) is 38.0 Å². The summed E-state index contributed by atoms with van der Waals surface area (Å²) >= 11 is 5.96. The fourth-order valence-corrected chi connectivity index (χ4v) is 1.54. The molecule has 0 aliphatic rings. The first-order valence-electron chi connectivity index (χ1n) is 4.18. The van der Waals surface area contributed by atoms with Gasteiger partial charge in [0.25, 0.3) is 0 Å². The van der Waals surface area contributed by atoms with Crippen LogP contribution in [0.4, 0.5) is 0 Å². The molecule has 14 heavy (non-hydrogen) atoms. The van der Waals surface area contributed by atoms with Gasteiger partial charge in [-0.3, -0.25) is 0 Å². The molecule has 2 rings (SSSR count). The predicted octanol–water partition coefficient (Wildman–Crippen LogP) is 2.54. The molecule has 0 saturated carbocycles. The van der Waals surface area contributed by atoms with Gasteiger partial charge in [0.1, 0.15) is 10.9 Å². The molecule has 0 fully saturated rings. The molecular formula is C10H9ClN2O. The molecule has 0 amide bonds. The van der Waals surface area contributed by atoms with Gasteiger partial charge in [-0.1, -0.05) is 11.6 Å². The van der Waals surface area contributed by atoms with Gasteiger partial charge in [0.05, 0.1) is 11.4 Å². The minimum Gasteiger partial charge on any atom is -0.508 e. The quantitative estimate of drug-likeness (QED) is 0.782. The number of rotatable bonds is 1. The maximum absolute atomic E-state index is 9.12. The zero-order chi connectivity index (χ0) is 10.1. The van der Waals surface area contributed by atoms with Crippen LogP contribution < -0.4 is 0 Å². The predicted molar refractivity (Wildman–Crippen MR) is 55.0 cm³/mol. The second-order valence-corrected chi connectivity index (χ2v) is 3.42. The van der Waals surface area contributed by atoms with Crippen molar-refractivity contribution in [2.75, 3.05) is 0 Å². The standard InChI is InChI=1S/C10H9ClN2O/c1-7-6-10(11)13(12-7)8-2-4-9(14)5-3-8/h2-6,14H,1H3. The molecule has 0 spiro atoms. The molecule has 3 nitrogen and oxygen atoms in total. The van der Waals surface area contributed by atoms with Gasteiger partial charge in [0.15, 0.2) is 0 Å². The van der Waals surface area contributed by atoms with Gasteiger partial charge in [0, 0.05) is 0 Å². The summed E-state index contributed by atoms with van der Waals surface area (Å²) in [5, 5.41) is 13.9. The van der Waals surface area contributed by atoms with E-state index >= 15 is 0 Å². The molecule has 72 valence electrons. The van der Waals surface area contributed by atoms with Crippen LogP contribution in [0.5, 0.6) is 5.75 Å². The second kappa shape index (κ2) is 3.35. The van der Waals surface area contributed by atoms with Crippen molar-refractivity contribution in [2.45, 2.75) is 6.92 Å². The van der Waals surface area contributed by atoms with E-state index in [1.165, 1.54) is 0 Å². The third kappa shape index (κ3) is 1.59. The lowest BCUT2D eigenvalue weighted by Gasteiger charge is -2.02. The molecule has 0 atom stereocenters. The van der Waals surface area contributed by atoms with Gasteiger partial charge in [-0.25, -0.2) is 4.68 Å². The Kier molecular flexibility index (Phi) is 2.17. The van der Waals surface area contributed by atoms with E-state index in [1.54, 1.807) is 35.0 Å². The Balaban J connectivity index is 2.49. The van der Waals surface area contributed by atoms with Crippen LogP contribution in [0.15, 0.2) is 30.3 Å². The third-order valence-corrected chi connectivity index (χ3v) is 2.15. The van der Waals surface area contributed by atoms with Crippen LogP contribution >= 0.6 is 11.6 Å². The third-order valence-electron chi connectivity index (χ3n) is 1.88. The van der Waals surface area contributed by atoms with E-state index < -0.39 is 0 Å². The number of aromatic hydroxyl groups is 1. The van der Waals surface area contributed by atoms with E-state index in [-0.39, 0.29) is 5.75 Å². The minimum absolute atomic E-state index is 0.230. The van der Waals surface area contributed by atoms with Crippen LogP contribution in [0.25, 0.3) is 5.69 Å². The number of nitrogens with zero attached hydrogens (tertiary/aromatic N) is 2. The maximum atomic E-state index is 9.12. The summed E-state index contributed by atoms with van der Waals surface area (Å²) in [6, 6.07) is 8.50.